The second-order valence-corrected chi connectivity index (χ2v) is 5.96. The number of carbonyl (C=O) groups excluding carboxylic acids is 1. The van der Waals surface area contributed by atoms with Gasteiger partial charge in [0, 0.05) is 24.8 Å². The van der Waals surface area contributed by atoms with Gasteiger partial charge in [0.1, 0.15) is 5.82 Å². The number of nitrogens with two attached hydrogens (primary N) is 1. The summed E-state index contributed by atoms with van der Waals surface area (Å²) in [5.41, 5.74) is 6.01. The van der Waals surface area contributed by atoms with Gasteiger partial charge in [-0.1, -0.05) is 5.16 Å². The number of urea groups is 1. The number of amides is 2. The molecular weight excluding hydrogens is 327 g/mol. The molecule has 1 saturated heterocycles. The lowest BCUT2D eigenvalue weighted by molar-refractivity contribution is 0.184. The Morgan fingerprint density at radius 3 is 2.68 bits per heavy atom. The highest BCUT2D eigenvalue weighted by molar-refractivity contribution is 5.89. The molecule has 1 aromatic heterocycles. The van der Waals surface area contributed by atoms with E-state index in [1.165, 1.54) is 24.3 Å². The van der Waals surface area contributed by atoms with Gasteiger partial charge in [-0.2, -0.15) is 4.98 Å². The van der Waals surface area contributed by atoms with Crippen LogP contribution in [-0.4, -0.2) is 40.2 Å². The Labute approximate surface area is 144 Å². The van der Waals surface area contributed by atoms with Crippen molar-refractivity contribution in [2.24, 2.45) is 5.73 Å². The molecule has 1 aromatic carbocycles. The van der Waals surface area contributed by atoms with Crippen LogP contribution < -0.4 is 16.4 Å². The maximum Gasteiger partial charge on any atom is 0.319 e. The van der Waals surface area contributed by atoms with E-state index in [2.05, 4.69) is 25.7 Å². The molecule has 1 aliphatic rings. The Balaban J connectivity index is 1.41. The summed E-state index contributed by atoms with van der Waals surface area (Å²) in [6.07, 6.45) is 1.66. The smallest absolute Gasteiger partial charge is 0.319 e. The molecular formula is C16H21FN6O2. The number of rotatable bonds is 5. The number of hydrogen-bond donors (Lipinski definition) is 3. The number of anilines is 1. The van der Waals surface area contributed by atoms with Gasteiger partial charge in [0.15, 0.2) is 5.82 Å². The van der Waals surface area contributed by atoms with Crippen molar-refractivity contribution in [2.45, 2.75) is 32.0 Å². The number of nitrogens with one attached hydrogen (secondary N) is 2. The van der Waals surface area contributed by atoms with E-state index in [1.807, 2.05) is 0 Å². The summed E-state index contributed by atoms with van der Waals surface area (Å²) < 4.78 is 17.8. The summed E-state index contributed by atoms with van der Waals surface area (Å²) in [5.74, 6) is 0.725. The molecule has 0 spiro atoms. The van der Waals surface area contributed by atoms with Crippen LogP contribution in [0.25, 0.3) is 0 Å². The van der Waals surface area contributed by atoms with Gasteiger partial charge in [-0.3, -0.25) is 4.90 Å². The van der Waals surface area contributed by atoms with Crippen LogP contribution in [0, 0.1) is 5.82 Å². The first-order valence-electron chi connectivity index (χ1n) is 8.19. The lowest BCUT2D eigenvalue weighted by Gasteiger charge is -2.31. The van der Waals surface area contributed by atoms with Crippen LogP contribution >= 0.6 is 0 Å². The third-order valence-electron chi connectivity index (χ3n) is 4.07. The average molecular weight is 348 g/mol. The molecule has 134 valence electrons. The number of aromatic nitrogens is 2. The first-order valence-corrected chi connectivity index (χ1v) is 8.19. The highest BCUT2D eigenvalue weighted by atomic mass is 19.1. The van der Waals surface area contributed by atoms with E-state index < -0.39 is 0 Å². The highest BCUT2D eigenvalue weighted by Crippen LogP contribution is 2.14. The fraction of sp³-hybridized carbons (Fsp3) is 0.438. The summed E-state index contributed by atoms with van der Waals surface area (Å²) in [5, 5.41) is 9.53. The van der Waals surface area contributed by atoms with Crippen molar-refractivity contribution < 1.29 is 13.7 Å². The van der Waals surface area contributed by atoms with E-state index >= 15 is 0 Å². The Bertz CT molecular complexity index is 697. The largest absolute Gasteiger partial charge is 0.338 e. The minimum atomic E-state index is -0.335. The molecule has 0 radical (unpaired) electrons. The number of piperidine rings is 1. The van der Waals surface area contributed by atoms with Crippen LogP contribution in [0.4, 0.5) is 14.9 Å². The lowest BCUT2D eigenvalue weighted by Crippen LogP contribution is -2.45. The summed E-state index contributed by atoms with van der Waals surface area (Å²) >= 11 is 0. The van der Waals surface area contributed by atoms with Gasteiger partial charge in [-0.25, -0.2) is 9.18 Å². The normalized spacial score (nSPS) is 15.9. The minimum absolute atomic E-state index is 0.0987. The molecule has 0 aliphatic carbocycles. The summed E-state index contributed by atoms with van der Waals surface area (Å²) in [7, 11) is 0. The average Bonchev–Trinajstić information content (AvgIpc) is 3.06. The van der Waals surface area contributed by atoms with E-state index in [9.17, 15) is 9.18 Å². The topological polar surface area (TPSA) is 109 Å². The second kappa shape index (κ2) is 8.04. The number of likely N-dealkylation sites (tertiary alicyclic amines) is 1. The fourth-order valence-electron chi connectivity index (χ4n) is 2.76. The molecule has 3 rings (SSSR count). The molecule has 4 N–H and O–H groups in total. The van der Waals surface area contributed by atoms with E-state index in [4.69, 9.17) is 10.3 Å². The van der Waals surface area contributed by atoms with Crippen molar-refractivity contribution in [2.75, 3.05) is 18.4 Å². The zero-order valence-electron chi connectivity index (χ0n) is 13.7. The van der Waals surface area contributed by atoms with Crippen molar-refractivity contribution in [1.82, 2.24) is 20.4 Å². The third kappa shape index (κ3) is 4.97. The molecule has 0 saturated carbocycles. The number of halogens is 1. The summed E-state index contributed by atoms with van der Waals surface area (Å²) in [4.78, 5) is 18.4. The standard InChI is InChI=1S/C16H21FN6O2/c17-11-1-3-12(4-2-11)19-16(24)20-13-5-7-23(8-6-13)10-14-21-15(9-18)25-22-14/h1-4,13H,5-10,18H2,(H2,19,20,24). The van der Waals surface area contributed by atoms with Crippen LogP contribution in [0.1, 0.15) is 24.6 Å². The van der Waals surface area contributed by atoms with Crippen LogP contribution in [0.5, 0.6) is 0 Å². The molecule has 9 heteroatoms. The number of hydrogen-bond acceptors (Lipinski definition) is 6. The SMILES string of the molecule is NCc1nc(CN2CCC(NC(=O)Nc3ccc(F)cc3)CC2)no1. The first-order chi connectivity index (χ1) is 12.1. The monoisotopic (exact) mass is 348 g/mol. The van der Waals surface area contributed by atoms with Gasteiger partial charge < -0.3 is 20.9 Å². The van der Waals surface area contributed by atoms with Crippen molar-refractivity contribution >= 4 is 11.7 Å². The quantitative estimate of drug-likeness (QED) is 0.755. The van der Waals surface area contributed by atoms with Crippen molar-refractivity contribution in [3.8, 4) is 0 Å². The van der Waals surface area contributed by atoms with Gasteiger partial charge >= 0.3 is 6.03 Å². The van der Waals surface area contributed by atoms with E-state index in [-0.39, 0.29) is 24.4 Å². The van der Waals surface area contributed by atoms with Gasteiger partial charge in [-0.05, 0) is 37.1 Å². The number of carbonyl (C=O) groups is 1. The van der Waals surface area contributed by atoms with E-state index in [0.29, 0.717) is 23.9 Å². The Morgan fingerprint density at radius 1 is 1.32 bits per heavy atom. The second-order valence-electron chi connectivity index (χ2n) is 5.96. The lowest BCUT2D eigenvalue weighted by atomic mass is 10.1. The maximum absolute atomic E-state index is 12.9. The van der Waals surface area contributed by atoms with Crippen molar-refractivity contribution in [1.29, 1.82) is 0 Å². The minimum Gasteiger partial charge on any atom is -0.338 e. The van der Waals surface area contributed by atoms with Gasteiger partial charge in [0.25, 0.3) is 0 Å². The van der Waals surface area contributed by atoms with Gasteiger partial charge in [0.05, 0.1) is 13.1 Å². The van der Waals surface area contributed by atoms with Gasteiger partial charge in [0.2, 0.25) is 5.89 Å². The molecule has 0 atom stereocenters. The molecule has 2 aromatic rings. The third-order valence-corrected chi connectivity index (χ3v) is 4.07. The van der Waals surface area contributed by atoms with Crippen LogP contribution in [0.15, 0.2) is 28.8 Å². The van der Waals surface area contributed by atoms with Crippen LogP contribution in [-0.2, 0) is 13.1 Å². The number of benzene rings is 1. The van der Waals surface area contributed by atoms with Gasteiger partial charge in [-0.15, -0.1) is 0 Å². The van der Waals surface area contributed by atoms with Crippen molar-refractivity contribution in [3.05, 3.63) is 41.8 Å². The van der Waals surface area contributed by atoms with Crippen molar-refractivity contribution in [3.63, 3.8) is 0 Å². The Morgan fingerprint density at radius 2 is 2.04 bits per heavy atom. The molecule has 25 heavy (non-hydrogen) atoms. The van der Waals surface area contributed by atoms with Crippen LogP contribution in [0.2, 0.25) is 0 Å². The predicted octanol–water partition coefficient (Wildman–Crippen LogP) is 1.45. The molecule has 1 fully saturated rings. The molecule has 2 heterocycles. The first kappa shape index (κ1) is 17.3. The fourth-order valence-corrected chi connectivity index (χ4v) is 2.76. The maximum atomic E-state index is 12.9. The van der Waals surface area contributed by atoms with Crippen LogP contribution in [0.3, 0.4) is 0 Å². The molecule has 2 amide bonds. The highest BCUT2D eigenvalue weighted by Gasteiger charge is 2.22. The molecule has 0 unspecified atom stereocenters. The zero-order chi connectivity index (χ0) is 17.6. The molecule has 0 bridgehead atoms. The van der Waals surface area contributed by atoms with E-state index in [0.717, 1.165) is 25.9 Å². The number of nitrogens with zero attached hydrogens (tertiary/aromatic N) is 3. The summed E-state index contributed by atoms with van der Waals surface area (Å²) in [6.45, 7) is 2.50. The molecule has 1 aliphatic heterocycles. The predicted molar refractivity (Wildman–Crippen MR) is 89.0 cm³/mol. The van der Waals surface area contributed by atoms with E-state index in [1.54, 1.807) is 0 Å². The Kier molecular flexibility index (Phi) is 5.56. The zero-order valence-corrected chi connectivity index (χ0v) is 13.7. The molecule has 8 nitrogen and oxygen atoms in total. The summed E-state index contributed by atoms with van der Waals surface area (Å²) in [6, 6.07) is 5.48. The Hall–Kier alpha value is -2.52.